The minimum absolute atomic E-state index is 0.444. The first kappa shape index (κ1) is 20.5. The second-order valence-electron chi connectivity index (χ2n) is 6.26. The number of carbonyl (C=O) groups excluding carboxylic acids is 2. The maximum atomic E-state index is 12.9. The van der Waals surface area contributed by atoms with Crippen LogP contribution in [-0.4, -0.2) is 53.7 Å². The predicted octanol–water partition coefficient (Wildman–Crippen LogP) is 2.09. The number of benzene rings is 1. The minimum atomic E-state index is -4.72. The second-order valence-corrected chi connectivity index (χ2v) is 6.26. The Bertz CT molecular complexity index is 724. The number of carboxylic acid groups (broad SMARTS) is 1. The van der Waals surface area contributed by atoms with Crippen LogP contribution in [0.25, 0.3) is 0 Å². The Morgan fingerprint density at radius 1 is 1.26 bits per heavy atom. The molecular formula is C17H20F3N3O4. The van der Waals surface area contributed by atoms with Crippen LogP contribution in [0.3, 0.4) is 0 Å². The number of hydrogen-bond acceptors (Lipinski definition) is 3. The number of nitrogens with one attached hydrogen (secondary N) is 2. The molecule has 1 heterocycles. The van der Waals surface area contributed by atoms with Crippen molar-refractivity contribution in [2.45, 2.75) is 19.5 Å². The predicted molar refractivity (Wildman–Crippen MR) is 90.1 cm³/mol. The number of rotatable bonds is 5. The van der Waals surface area contributed by atoms with Gasteiger partial charge in [0.2, 0.25) is 5.91 Å². The largest absolute Gasteiger partial charge is 0.481 e. The van der Waals surface area contributed by atoms with Gasteiger partial charge in [0.25, 0.3) is 0 Å². The summed E-state index contributed by atoms with van der Waals surface area (Å²) < 4.78 is 38.8. The van der Waals surface area contributed by atoms with Gasteiger partial charge >= 0.3 is 18.2 Å². The van der Waals surface area contributed by atoms with Crippen LogP contribution in [0, 0.1) is 11.8 Å². The monoisotopic (exact) mass is 387 g/mol. The van der Waals surface area contributed by atoms with Gasteiger partial charge in [-0.2, -0.15) is 13.2 Å². The van der Waals surface area contributed by atoms with Crippen LogP contribution in [0.5, 0.6) is 0 Å². The number of carbonyl (C=O) groups is 3. The van der Waals surface area contributed by atoms with Crippen molar-refractivity contribution in [1.82, 2.24) is 10.2 Å². The van der Waals surface area contributed by atoms with E-state index in [1.54, 1.807) is 18.2 Å². The first-order chi connectivity index (χ1) is 12.6. The van der Waals surface area contributed by atoms with E-state index in [-0.39, 0.29) is 0 Å². The van der Waals surface area contributed by atoms with Crippen molar-refractivity contribution in [3.05, 3.63) is 29.8 Å². The third kappa shape index (κ3) is 5.35. The summed E-state index contributed by atoms with van der Waals surface area (Å²) in [5, 5.41) is 13.7. The van der Waals surface area contributed by atoms with Crippen molar-refractivity contribution in [3.8, 4) is 0 Å². The molecule has 3 N–H and O–H groups in total. The minimum Gasteiger partial charge on any atom is -0.481 e. The molecule has 2 atom stereocenters. The van der Waals surface area contributed by atoms with Gasteiger partial charge in [-0.3, -0.25) is 9.59 Å². The van der Waals surface area contributed by atoms with Crippen molar-refractivity contribution in [2.24, 2.45) is 11.8 Å². The number of hydrogen-bond donors (Lipinski definition) is 3. The summed E-state index contributed by atoms with van der Waals surface area (Å²) in [6.45, 7) is 0.188. The molecule has 1 aromatic carbocycles. The van der Waals surface area contributed by atoms with E-state index in [9.17, 15) is 27.6 Å². The van der Waals surface area contributed by atoms with Crippen molar-refractivity contribution in [2.75, 3.05) is 25.0 Å². The third-order valence-electron chi connectivity index (χ3n) is 4.36. The lowest BCUT2D eigenvalue weighted by atomic mass is 9.96. The number of aryl methyl sites for hydroxylation is 1. The first-order valence-corrected chi connectivity index (χ1v) is 8.33. The van der Waals surface area contributed by atoms with Gasteiger partial charge in [0.05, 0.1) is 18.4 Å². The van der Waals surface area contributed by atoms with Crippen molar-refractivity contribution in [3.63, 3.8) is 0 Å². The zero-order valence-electron chi connectivity index (χ0n) is 14.5. The van der Waals surface area contributed by atoms with Crippen molar-refractivity contribution >= 4 is 23.6 Å². The maximum Gasteiger partial charge on any atom is 0.394 e. The molecule has 1 aliphatic heterocycles. The Morgan fingerprint density at radius 3 is 2.52 bits per heavy atom. The number of likely N-dealkylation sites (tertiary alicyclic amines) is 1. The molecule has 0 unspecified atom stereocenters. The summed E-state index contributed by atoms with van der Waals surface area (Å²) >= 11 is 0. The number of aliphatic carboxylic acids is 1. The Morgan fingerprint density at radius 2 is 1.96 bits per heavy atom. The van der Waals surface area contributed by atoms with Gasteiger partial charge in [0.15, 0.2) is 0 Å². The molecule has 0 spiro atoms. The zero-order chi connectivity index (χ0) is 20.2. The number of alkyl halides is 3. The Hall–Kier alpha value is -2.78. The number of halogens is 3. The van der Waals surface area contributed by atoms with E-state index in [0.717, 1.165) is 16.9 Å². The molecule has 0 radical (unpaired) electrons. The molecular weight excluding hydrogens is 367 g/mol. The zero-order valence-corrected chi connectivity index (χ0v) is 14.5. The van der Waals surface area contributed by atoms with Crippen LogP contribution in [0.1, 0.15) is 12.5 Å². The molecule has 0 aliphatic carbocycles. The van der Waals surface area contributed by atoms with Crippen molar-refractivity contribution in [1.29, 1.82) is 0 Å². The average Bonchev–Trinajstić information content (AvgIpc) is 3.06. The molecule has 1 saturated heterocycles. The molecule has 0 saturated carbocycles. The van der Waals surface area contributed by atoms with Crippen LogP contribution in [0.15, 0.2) is 24.3 Å². The number of carboxylic acids is 1. The van der Waals surface area contributed by atoms with E-state index in [0.29, 0.717) is 5.69 Å². The van der Waals surface area contributed by atoms with Gasteiger partial charge in [-0.05, 0) is 24.1 Å². The highest BCUT2D eigenvalue weighted by molar-refractivity contribution is 5.94. The van der Waals surface area contributed by atoms with E-state index >= 15 is 0 Å². The van der Waals surface area contributed by atoms with Crippen LogP contribution in [0.2, 0.25) is 0 Å². The van der Waals surface area contributed by atoms with Crippen LogP contribution >= 0.6 is 0 Å². The molecule has 1 aliphatic rings. The molecule has 1 aromatic rings. The fourth-order valence-electron chi connectivity index (χ4n) is 2.89. The van der Waals surface area contributed by atoms with Crippen LogP contribution in [-0.2, 0) is 16.0 Å². The number of amides is 3. The van der Waals surface area contributed by atoms with E-state index < -0.39 is 55.6 Å². The van der Waals surface area contributed by atoms with E-state index in [1.807, 2.05) is 13.0 Å². The lowest BCUT2D eigenvalue weighted by Crippen LogP contribution is -2.42. The van der Waals surface area contributed by atoms with Crippen molar-refractivity contribution < 1.29 is 32.7 Å². The Kier molecular flexibility index (Phi) is 6.29. The number of anilines is 1. The second kappa shape index (κ2) is 8.28. The number of nitrogens with zero attached hydrogens (tertiary/aromatic N) is 1. The summed E-state index contributed by atoms with van der Waals surface area (Å²) in [7, 11) is 0. The summed E-state index contributed by atoms with van der Waals surface area (Å²) in [6.07, 6.45) is -3.94. The number of urea groups is 1. The van der Waals surface area contributed by atoms with E-state index in [2.05, 4.69) is 10.6 Å². The fourth-order valence-corrected chi connectivity index (χ4v) is 2.89. The molecule has 1 fully saturated rings. The van der Waals surface area contributed by atoms with Gasteiger partial charge in [-0.1, -0.05) is 19.1 Å². The van der Waals surface area contributed by atoms with Gasteiger partial charge in [-0.25, -0.2) is 4.79 Å². The molecule has 10 heteroatoms. The first-order valence-electron chi connectivity index (χ1n) is 8.33. The van der Waals surface area contributed by atoms with Crippen LogP contribution in [0.4, 0.5) is 23.7 Å². The van der Waals surface area contributed by atoms with Gasteiger partial charge < -0.3 is 20.6 Å². The SMILES string of the molecule is CCc1cccc(NC(=O)CNC(=O)N2C[C@@H](C(F)(F)F)[C@H](C(=O)O)C2)c1. The third-order valence-corrected chi connectivity index (χ3v) is 4.36. The summed E-state index contributed by atoms with van der Waals surface area (Å²) in [5.41, 5.74) is 1.55. The van der Waals surface area contributed by atoms with Gasteiger partial charge in [0.1, 0.15) is 0 Å². The highest BCUT2D eigenvalue weighted by Crippen LogP contribution is 2.37. The molecule has 3 amide bonds. The lowest BCUT2D eigenvalue weighted by molar-refractivity contribution is -0.187. The molecule has 0 aromatic heterocycles. The Labute approximate surface area is 153 Å². The molecule has 0 bridgehead atoms. The van der Waals surface area contributed by atoms with E-state index in [1.165, 1.54) is 0 Å². The smallest absolute Gasteiger partial charge is 0.394 e. The standard InChI is InChI=1S/C17H20F3N3O4/c1-2-10-4-3-5-11(6-10)22-14(24)7-21-16(27)23-8-12(15(25)26)13(9-23)17(18,19)20/h3-6,12-13H,2,7-9H2,1H3,(H,21,27)(H,22,24)(H,25,26)/t12-,13-/m1/s1. The molecule has 27 heavy (non-hydrogen) atoms. The Balaban J connectivity index is 1.89. The summed E-state index contributed by atoms with van der Waals surface area (Å²) in [4.78, 5) is 35.7. The van der Waals surface area contributed by atoms with E-state index in [4.69, 9.17) is 5.11 Å². The average molecular weight is 387 g/mol. The topological polar surface area (TPSA) is 98.7 Å². The molecule has 7 nitrogen and oxygen atoms in total. The molecule has 148 valence electrons. The quantitative estimate of drug-likeness (QED) is 0.721. The summed E-state index contributed by atoms with van der Waals surface area (Å²) in [6, 6.07) is 6.18. The van der Waals surface area contributed by atoms with Crippen LogP contribution < -0.4 is 10.6 Å². The normalized spacial score (nSPS) is 19.6. The highest BCUT2D eigenvalue weighted by Gasteiger charge is 2.53. The molecule has 2 rings (SSSR count). The fraction of sp³-hybridized carbons (Fsp3) is 0.471. The maximum absolute atomic E-state index is 12.9. The summed E-state index contributed by atoms with van der Waals surface area (Å²) in [5.74, 6) is -6.01. The lowest BCUT2D eigenvalue weighted by Gasteiger charge is -2.18. The van der Waals surface area contributed by atoms with Gasteiger partial charge in [0, 0.05) is 18.8 Å². The highest BCUT2D eigenvalue weighted by atomic mass is 19.4. The van der Waals surface area contributed by atoms with Gasteiger partial charge in [-0.15, -0.1) is 0 Å².